The van der Waals surface area contributed by atoms with Crippen LogP contribution in [-0.4, -0.2) is 22.0 Å². The predicted octanol–water partition coefficient (Wildman–Crippen LogP) is 2.72. The van der Waals surface area contributed by atoms with Crippen molar-refractivity contribution >= 4 is 5.91 Å². The van der Waals surface area contributed by atoms with Crippen molar-refractivity contribution in [1.29, 1.82) is 0 Å². The van der Waals surface area contributed by atoms with Gasteiger partial charge in [0.1, 0.15) is 17.3 Å². The summed E-state index contributed by atoms with van der Waals surface area (Å²) in [7, 11) is 1.91. The maximum atomic E-state index is 12.8. The minimum absolute atomic E-state index is 0.0953. The third-order valence-corrected chi connectivity index (χ3v) is 3.69. The highest BCUT2D eigenvalue weighted by Crippen LogP contribution is 2.18. The summed E-state index contributed by atoms with van der Waals surface area (Å²) in [5, 5.41) is 2.86. The largest absolute Gasteiger partial charge is 0.463 e. The summed E-state index contributed by atoms with van der Waals surface area (Å²) in [5.41, 5.74) is 1.56. The third-order valence-electron chi connectivity index (χ3n) is 3.69. The minimum atomic E-state index is -0.304. The Morgan fingerprint density at radius 3 is 2.79 bits per heavy atom. The van der Waals surface area contributed by atoms with Crippen LogP contribution in [0.4, 0.5) is 4.39 Å². The molecule has 0 aliphatic rings. The quantitative estimate of drug-likeness (QED) is 0.757. The van der Waals surface area contributed by atoms with Gasteiger partial charge in [-0.25, -0.2) is 9.37 Å². The van der Waals surface area contributed by atoms with Gasteiger partial charge in [0.2, 0.25) is 5.91 Å². The average molecular weight is 327 g/mol. The van der Waals surface area contributed by atoms with Gasteiger partial charge < -0.3 is 14.3 Å². The van der Waals surface area contributed by atoms with Crippen LogP contribution in [0.2, 0.25) is 0 Å². The molecule has 0 radical (unpaired) electrons. The summed E-state index contributed by atoms with van der Waals surface area (Å²) >= 11 is 0. The number of aromatic nitrogens is 2. The molecule has 0 fully saturated rings. The third kappa shape index (κ3) is 3.90. The number of hydrogen-bond donors (Lipinski definition) is 1. The number of rotatable bonds is 6. The lowest BCUT2D eigenvalue weighted by atomic mass is 10.1. The van der Waals surface area contributed by atoms with E-state index in [1.54, 1.807) is 18.4 Å². The van der Waals surface area contributed by atoms with Crippen LogP contribution in [0, 0.1) is 5.82 Å². The first-order valence-electron chi connectivity index (χ1n) is 7.69. The second-order valence-corrected chi connectivity index (χ2v) is 5.53. The van der Waals surface area contributed by atoms with Crippen LogP contribution in [0.5, 0.6) is 0 Å². The molecule has 24 heavy (non-hydrogen) atoms. The van der Waals surface area contributed by atoms with Crippen molar-refractivity contribution in [2.45, 2.75) is 12.8 Å². The maximum Gasteiger partial charge on any atom is 0.224 e. The fourth-order valence-corrected chi connectivity index (χ4v) is 2.44. The van der Waals surface area contributed by atoms with Crippen molar-refractivity contribution in [2.24, 2.45) is 7.05 Å². The molecule has 0 aliphatic heterocycles. The number of carbonyl (C=O) groups excluding carboxylic acids is 1. The molecule has 124 valence electrons. The Morgan fingerprint density at radius 1 is 1.29 bits per heavy atom. The lowest BCUT2D eigenvalue weighted by molar-refractivity contribution is -0.120. The number of benzene rings is 1. The van der Waals surface area contributed by atoms with Crippen LogP contribution in [0.15, 0.2) is 53.3 Å². The number of aryl methyl sites for hydroxylation is 1. The molecule has 0 unspecified atom stereocenters. The number of imidazole rings is 1. The van der Waals surface area contributed by atoms with Crippen LogP contribution >= 0.6 is 0 Å². The highest BCUT2D eigenvalue weighted by atomic mass is 19.1. The summed E-state index contributed by atoms with van der Waals surface area (Å²) in [6.45, 7) is 0.489. The van der Waals surface area contributed by atoms with Crippen molar-refractivity contribution in [3.8, 4) is 11.5 Å². The van der Waals surface area contributed by atoms with E-state index in [-0.39, 0.29) is 18.1 Å². The first-order chi connectivity index (χ1) is 11.6. The zero-order chi connectivity index (χ0) is 16.9. The fraction of sp³-hybridized carbons (Fsp3) is 0.222. The topological polar surface area (TPSA) is 60.1 Å². The second-order valence-electron chi connectivity index (χ2n) is 5.53. The van der Waals surface area contributed by atoms with E-state index in [0.29, 0.717) is 13.0 Å². The molecular formula is C18H18FN3O2. The molecule has 0 bridgehead atoms. The van der Waals surface area contributed by atoms with Crippen LogP contribution in [0.3, 0.4) is 0 Å². The van der Waals surface area contributed by atoms with E-state index in [1.165, 1.54) is 12.1 Å². The maximum absolute atomic E-state index is 12.8. The number of halogens is 1. The molecule has 6 heteroatoms. The van der Waals surface area contributed by atoms with Gasteiger partial charge in [-0.2, -0.15) is 0 Å². The molecule has 0 spiro atoms. The number of nitrogens with one attached hydrogen (secondary N) is 1. The number of nitrogens with zero attached hydrogens (tertiary/aromatic N) is 2. The summed E-state index contributed by atoms with van der Waals surface area (Å²) in [4.78, 5) is 16.4. The Bertz CT molecular complexity index is 807. The zero-order valence-electron chi connectivity index (χ0n) is 13.3. The zero-order valence-corrected chi connectivity index (χ0v) is 13.3. The lowest BCUT2D eigenvalue weighted by Crippen LogP contribution is -2.27. The van der Waals surface area contributed by atoms with Gasteiger partial charge in [-0.15, -0.1) is 0 Å². The summed E-state index contributed by atoms with van der Waals surface area (Å²) in [6, 6.07) is 9.61. The fourth-order valence-electron chi connectivity index (χ4n) is 2.44. The van der Waals surface area contributed by atoms with E-state index in [4.69, 9.17) is 4.42 Å². The highest BCUT2D eigenvalue weighted by Gasteiger charge is 2.10. The molecule has 3 rings (SSSR count). The Labute approximate surface area is 139 Å². The Balaban J connectivity index is 1.51. The van der Waals surface area contributed by atoms with Crippen molar-refractivity contribution in [2.75, 3.05) is 6.54 Å². The van der Waals surface area contributed by atoms with Gasteiger partial charge in [-0.1, -0.05) is 12.1 Å². The number of furan rings is 1. The molecule has 0 saturated heterocycles. The predicted molar refractivity (Wildman–Crippen MR) is 87.7 cm³/mol. The Hall–Kier alpha value is -2.89. The van der Waals surface area contributed by atoms with E-state index in [9.17, 15) is 9.18 Å². The van der Waals surface area contributed by atoms with E-state index in [2.05, 4.69) is 10.3 Å². The van der Waals surface area contributed by atoms with Crippen LogP contribution < -0.4 is 5.32 Å². The monoisotopic (exact) mass is 327 g/mol. The first kappa shape index (κ1) is 16.0. The van der Waals surface area contributed by atoms with Crippen LogP contribution in [0.1, 0.15) is 11.4 Å². The van der Waals surface area contributed by atoms with E-state index in [0.717, 1.165) is 22.8 Å². The highest BCUT2D eigenvalue weighted by molar-refractivity contribution is 5.78. The number of carbonyl (C=O) groups is 1. The van der Waals surface area contributed by atoms with Gasteiger partial charge in [-0.05, 0) is 29.8 Å². The first-order valence-corrected chi connectivity index (χ1v) is 7.69. The normalized spacial score (nSPS) is 10.8. The molecule has 1 aromatic carbocycles. The van der Waals surface area contributed by atoms with Crippen molar-refractivity contribution < 1.29 is 13.6 Å². The minimum Gasteiger partial charge on any atom is -0.463 e. The Morgan fingerprint density at radius 2 is 2.08 bits per heavy atom. The van der Waals surface area contributed by atoms with E-state index in [1.807, 2.05) is 29.9 Å². The van der Waals surface area contributed by atoms with Gasteiger partial charge in [0.15, 0.2) is 5.76 Å². The van der Waals surface area contributed by atoms with Gasteiger partial charge in [-0.3, -0.25) is 4.79 Å². The van der Waals surface area contributed by atoms with Crippen molar-refractivity contribution in [3.05, 3.63) is 66.1 Å². The van der Waals surface area contributed by atoms with Crippen molar-refractivity contribution in [3.63, 3.8) is 0 Å². The molecule has 1 amide bonds. The molecule has 5 nitrogen and oxygen atoms in total. The molecule has 0 saturated carbocycles. The SMILES string of the molecule is Cn1cc(-c2ccco2)nc1CCNC(=O)Cc1ccc(F)cc1. The van der Waals surface area contributed by atoms with E-state index < -0.39 is 0 Å². The molecule has 2 heterocycles. The van der Waals surface area contributed by atoms with E-state index >= 15 is 0 Å². The van der Waals surface area contributed by atoms with Crippen molar-refractivity contribution in [1.82, 2.24) is 14.9 Å². The smallest absolute Gasteiger partial charge is 0.224 e. The molecule has 1 N–H and O–H groups in total. The van der Waals surface area contributed by atoms with Crippen LogP contribution in [0.25, 0.3) is 11.5 Å². The summed E-state index contributed by atoms with van der Waals surface area (Å²) in [5.74, 6) is 1.18. The van der Waals surface area contributed by atoms with Crippen LogP contribution in [-0.2, 0) is 24.7 Å². The van der Waals surface area contributed by atoms with Gasteiger partial charge in [0, 0.05) is 26.2 Å². The molecule has 2 aromatic heterocycles. The second kappa shape index (κ2) is 7.12. The standard InChI is InChI=1S/C18H18FN3O2/c1-22-12-15(16-3-2-10-24-16)21-17(22)8-9-20-18(23)11-13-4-6-14(19)7-5-13/h2-7,10,12H,8-9,11H2,1H3,(H,20,23). The average Bonchev–Trinajstić information content (AvgIpc) is 3.20. The molecule has 0 aliphatic carbocycles. The van der Waals surface area contributed by atoms with Gasteiger partial charge in [0.25, 0.3) is 0 Å². The van der Waals surface area contributed by atoms with Gasteiger partial charge >= 0.3 is 0 Å². The molecular weight excluding hydrogens is 309 g/mol. The summed E-state index contributed by atoms with van der Waals surface area (Å²) in [6.07, 6.45) is 4.36. The molecule has 3 aromatic rings. The summed E-state index contributed by atoms with van der Waals surface area (Å²) < 4.78 is 20.1. The number of amides is 1. The number of hydrogen-bond acceptors (Lipinski definition) is 3. The molecule has 0 atom stereocenters. The lowest BCUT2D eigenvalue weighted by Gasteiger charge is -2.05. The van der Waals surface area contributed by atoms with Gasteiger partial charge in [0.05, 0.1) is 12.7 Å². The Kier molecular flexibility index (Phi) is 4.74.